The van der Waals surface area contributed by atoms with Crippen molar-refractivity contribution in [3.63, 3.8) is 0 Å². The van der Waals surface area contributed by atoms with Crippen molar-refractivity contribution in [3.8, 4) is 0 Å². The van der Waals surface area contributed by atoms with Gasteiger partial charge in [-0.25, -0.2) is 9.97 Å². The summed E-state index contributed by atoms with van der Waals surface area (Å²) in [5.74, 6) is 1.98. The van der Waals surface area contributed by atoms with Crippen molar-refractivity contribution in [3.05, 3.63) is 53.6 Å². The van der Waals surface area contributed by atoms with Crippen molar-refractivity contribution in [1.82, 2.24) is 19.4 Å². The molecule has 30 heavy (non-hydrogen) atoms. The van der Waals surface area contributed by atoms with Crippen molar-refractivity contribution < 1.29 is 0 Å². The second-order valence-electron chi connectivity index (χ2n) is 9.17. The molecule has 2 atom stereocenters. The molecule has 2 aliphatic rings. The number of aryl methyl sites for hydroxylation is 3. The summed E-state index contributed by atoms with van der Waals surface area (Å²) in [7, 11) is 2.21. The molecule has 6 heteroatoms. The minimum Gasteiger partial charge on any atom is -0.356 e. The lowest BCUT2D eigenvalue weighted by Gasteiger charge is -2.29. The summed E-state index contributed by atoms with van der Waals surface area (Å²) < 4.78 is 2.37. The third-order valence-electron chi connectivity index (χ3n) is 7.15. The van der Waals surface area contributed by atoms with E-state index in [1.54, 1.807) is 0 Å². The minimum absolute atomic E-state index is 0. The molecule has 2 fully saturated rings. The number of hydrogen-bond donors (Lipinski definition) is 0. The first-order valence-corrected chi connectivity index (χ1v) is 10.8. The van der Waals surface area contributed by atoms with Crippen molar-refractivity contribution in [2.75, 3.05) is 31.1 Å². The number of benzene rings is 1. The van der Waals surface area contributed by atoms with Gasteiger partial charge in [-0.05, 0) is 57.7 Å². The third-order valence-corrected chi connectivity index (χ3v) is 7.15. The van der Waals surface area contributed by atoms with E-state index in [0.717, 1.165) is 30.4 Å². The zero-order chi connectivity index (χ0) is 20.2. The van der Waals surface area contributed by atoms with E-state index < -0.39 is 0 Å². The second kappa shape index (κ2) is 7.86. The number of fused-ring (bicyclic) bond motifs is 1. The van der Waals surface area contributed by atoms with Gasteiger partial charge < -0.3 is 9.47 Å². The Kier molecular flexibility index (Phi) is 5.54. The fourth-order valence-electron chi connectivity index (χ4n) is 5.52. The zero-order valence-corrected chi connectivity index (χ0v) is 19.2. The van der Waals surface area contributed by atoms with Gasteiger partial charge in [0.05, 0.1) is 0 Å². The summed E-state index contributed by atoms with van der Waals surface area (Å²) >= 11 is 0. The first kappa shape index (κ1) is 21.1. The van der Waals surface area contributed by atoms with Gasteiger partial charge in [0.25, 0.3) is 0 Å². The molecular weight excluding hydrogens is 394 g/mol. The van der Waals surface area contributed by atoms with E-state index in [1.165, 1.54) is 42.5 Å². The Morgan fingerprint density at radius 1 is 1.00 bits per heavy atom. The lowest BCUT2D eigenvalue weighted by molar-refractivity contribution is 0.219. The van der Waals surface area contributed by atoms with Crippen LogP contribution in [-0.2, 0) is 7.05 Å². The zero-order valence-electron chi connectivity index (χ0n) is 18.4. The highest BCUT2D eigenvalue weighted by Crippen LogP contribution is 2.43. The molecule has 160 valence electrons. The summed E-state index contributed by atoms with van der Waals surface area (Å²) in [6, 6.07) is 13.6. The van der Waals surface area contributed by atoms with Crippen molar-refractivity contribution in [1.29, 1.82) is 0 Å². The molecule has 1 spiro atoms. The van der Waals surface area contributed by atoms with Gasteiger partial charge in [-0.1, -0.05) is 18.2 Å². The van der Waals surface area contributed by atoms with E-state index in [2.05, 4.69) is 76.6 Å². The predicted octanol–water partition coefficient (Wildman–Crippen LogP) is 4.67. The molecule has 0 radical (unpaired) electrons. The molecular formula is C24H32ClN5. The molecule has 5 rings (SSSR count). The second-order valence-corrected chi connectivity index (χ2v) is 9.17. The van der Waals surface area contributed by atoms with Crippen LogP contribution in [0.2, 0.25) is 0 Å². The molecule has 5 nitrogen and oxygen atoms in total. The van der Waals surface area contributed by atoms with E-state index in [9.17, 15) is 0 Å². The maximum atomic E-state index is 4.71. The largest absolute Gasteiger partial charge is 0.356 e. The molecule has 0 bridgehead atoms. The standard InChI is InChI=1S/C24H31N5.ClH/c1-17-13-23(26-19(3)25-17)29-12-10-24(16-29)9-11-28(15-24)18(2)22-14-20-7-5-6-8-21(20)27(22)4;/h5-8,13-14,18H,9-12,15-16H2,1-4H3;1H. The predicted molar refractivity (Wildman–Crippen MR) is 126 cm³/mol. The highest BCUT2D eigenvalue weighted by Gasteiger charge is 2.45. The van der Waals surface area contributed by atoms with Gasteiger partial charge >= 0.3 is 0 Å². The fourth-order valence-corrected chi connectivity index (χ4v) is 5.52. The summed E-state index contributed by atoms with van der Waals surface area (Å²) in [4.78, 5) is 14.3. The summed E-state index contributed by atoms with van der Waals surface area (Å²) in [5, 5.41) is 1.34. The Morgan fingerprint density at radius 2 is 1.77 bits per heavy atom. The quantitative estimate of drug-likeness (QED) is 0.611. The molecule has 2 saturated heterocycles. The number of aromatic nitrogens is 3. The number of halogens is 1. The van der Waals surface area contributed by atoms with E-state index in [1.807, 2.05) is 6.92 Å². The third kappa shape index (κ3) is 3.58. The van der Waals surface area contributed by atoms with Gasteiger partial charge in [-0.2, -0.15) is 0 Å². The molecule has 0 N–H and O–H groups in total. The minimum atomic E-state index is 0. The van der Waals surface area contributed by atoms with E-state index in [0.29, 0.717) is 11.5 Å². The Bertz CT molecular complexity index is 1040. The van der Waals surface area contributed by atoms with E-state index >= 15 is 0 Å². The topological polar surface area (TPSA) is 37.2 Å². The number of nitrogens with zero attached hydrogens (tertiary/aromatic N) is 5. The lowest BCUT2D eigenvalue weighted by atomic mass is 9.86. The van der Waals surface area contributed by atoms with Gasteiger partial charge in [0.1, 0.15) is 11.6 Å². The molecule has 2 aliphatic heterocycles. The monoisotopic (exact) mass is 425 g/mol. The Hall–Kier alpha value is -2.11. The number of hydrogen-bond acceptors (Lipinski definition) is 4. The van der Waals surface area contributed by atoms with E-state index in [-0.39, 0.29) is 12.4 Å². The molecule has 1 aromatic carbocycles. The Morgan fingerprint density at radius 3 is 2.53 bits per heavy atom. The van der Waals surface area contributed by atoms with Gasteiger partial charge in [-0.3, -0.25) is 4.90 Å². The molecule has 0 aliphatic carbocycles. The lowest BCUT2D eigenvalue weighted by Crippen LogP contribution is -2.32. The van der Waals surface area contributed by atoms with E-state index in [4.69, 9.17) is 4.98 Å². The van der Waals surface area contributed by atoms with Crippen LogP contribution in [-0.4, -0.2) is 45.6 Å². The fraction of sp³-hybridized carbons (Fsp3) is 0.500. The SMILES string of the molecule is Cc1cc(N2CCC3(CCN(C(C)c4cc5ccccc5n4C)C3)C2)nc(C)n1.Cl. The normalized spacial score (nSPS) is 22.7. The van der Waals surface area contributed by atoms with Crippen molar-refractivity contribution >= 4 is 29.1 Å². The Labute approximate surface area is 185 Å². The molecule has 2 unspecified atom stereocenters. The van der Waals surface area contributed by atoms with Gasteiger partial charge in [0.2, 0.25) is 0 Å². The molecule has 0 amide bonds. The maximum Gasteiger partial charge on any atom is 0.132 e. The van der Waals surface area contributed by atoms with Crippen LogP contribution < -0.4 is 4.90 Å². The number of para-hydroxylation sites is 1. The van der Waals surface area contributed by atoms with Crippen LogP contribution >= 0.6 is 12.4 Å². The van der Waals surface area contributed by atoms with Gasteiger partial charge in [0, 0.05) is 61.1 Å². The summed E-state index contributed by atoms with van der Waals surface area (Å²) in [5.41, 5.74) is 4.20. The highest BCUT2D eigenvalue weighted by atomic mass is 35.5. The smallest absolute Gasteiger partial charge is 0.132 e. The number of likely N-dealkylation sites (tertiary alicyclic amines) is 1. The van der Waals surface area contributed by atoms with Crippen LogP contribution in [0.4, 0.5) is 5.82 Å². The molecule has 3 aromatic rings. The first-order valence-electron chi connectivity index (χ1n) is 10.8. The van der Waals surface area contributed by atoms with Crippen LogP contribution in [0.25, 0.3) is 10.9 Å². The van der Waals surface area contributed by atoms with Crippen LogP contribution in [0, 0.1) is 19.3 Å². The van der Waals surface area contributed by atoms with Gasteiger partial charge in [0.15, 0.2) is 0 Å². The van der Waals surface area contributed by atoms with Crippen LogP contribution in [0.3, 0.4) is 0 Å². The van der Waals surface area contributed by atoms with Crippen molar-refractivity contribution in [2.45, 2.75) is 39.7 Å². The average Bonchev–Trinajstić information content (AvgIpc) is 3.40. The summed E-state index contributed by atoms with van der Waals surface area (Å²) in [6.45, 7) is 11.0. The summed E-state index contributed by atoms with van der Waals surface area (Å²) in [6.07, 6.45) is 2.54. The maximum absolute atomic E-state index is 4.71. The molecule has 0 saturated carbocycles. The highest BCUT2D eigenvalue weighted by molar-refractivity contribution is 5.85. The average molecular weight is 426 g/mol. The number of anilines is 1. The van der Waals surface area contributed by atoms with Crippen molar-refractivity contribution in [2.24, 2.45) is 12.5 Å². The van der Waals surface area contributed by atoms with Gasteiger partial charge in [-0.15, -0.1) is 12.4 Å². The van der Waals surface area contributed by atoms with Crippen LogP contribution in [0.1, 0.15) is 43.0 Å². The van der Waals surface area contributed by atoms with Crippen LogP contribution in [0.5, 0.6) is 0 Å². The molecule has 2 aromatic heterocycles. The first-order chi connectivity index (χ1) is 13.9. The number of rotatable bonds is 3. The van der Waals surface area contributed by atoms with Crippen LogP contribution in [0.15, 0.2) is 36.4 Å². The Balaban J connectivity index is 0.00000218. The molecule has 4 heterocycles.